The number of rotatable bonds is 0. The third-order valence-electron chi connectivity index (χ3n) is 3.04. The van der Waals surface area contributed by atoms with Crippen molar-refractivity contribution >= 4 is 17.0 Å². The van der Waals surface area contributed by atoms with Crippen LogP contribution in [0.4, 0.5) is 0 Å². The fraction of sp³-hybridized carbons (Fsp3) is 0.267. The fourth-order valence-corrected chi connectivity index (χ4v) is 2.19. The van der Waals surface area contributed by atoms with E-state index in [4.69, 9.17) is 9.15 Å². The van der Waals surface area contributed by atoms with Gasteiger partial charge < -0.3 is 9.15 Å². The number of ether oxygens (including phenoxy) is 1. The van der Waals surface area contributed by atoms with Gasteiger partial charge in [0.15, 0.2) is 5.43 Å². The molecule has 0 atom stereocenters. The molecule has 3 nitrogen and oxygen atoms in total. The summed E-state index contributed by atoms with van der Waals surface area (Å²) >= 11 is 0. The van der Waals surface area contributed by atoms with E-state index < -0.39 is 0 Å². The minimum atomic E-state index is -0.329. The number of benzene rings is 1. The highest BCUT2D eigenvalue weighted by molar-refractivity contribution is 5.89. The summed E-state index contributed by atoms with van der Waals surface area (Å²) in [6.07, 6.45) is 3.93. The monoisotopic (exact) mass is 242 g/mol. The van der Waals surface area contributed by atoms with E-state index in [1.165, 1.54) is 6.07 Å². The van der Waals surface area contributed by atoms with Gasteiger partial charge >= 0.3 is 0 Å². The quantitative estimate of drug-likeness (QED) is 0.711. The van der Waals surface area contributed by atoms with Gasteiger partial charge in [0, 0.05) is 6.07 Å². The van der Waals surface area contributed by atoms with E-state index in [1.54, 1.807) is 13.0 Å². The summed E-state index contributed by atoms with van der Waals surface area (Å²) in [6.45, 7) is 5.75. The van der Waals surface area contributed by atoms with Crippen molar-refractivity contribution in [1.82, 2.24) is 0 Å². The second-order valence-electron chi connectivity index (χ2n) is 5.11. The van der Waals surface area contributed by atoms with Crippen LogP contribution < -0.4 is 10.2 Å². The summed E-state index contributed by atoms with van der Waals surface area (Å²) in [5, 5.41) is 0.590. The van der Waals surface area contributed by atoms with E-state index >= 15 is 0 Å². The van der Waals surface area contributed by atoms with Crippen LogP contribution in [0.15, 0.2) is 33.5 Å². The number of hydrogen-bond acceptors (Lipinski definition) is 3. The summed E-state index contributed by atoms with van der Waals surface area (Å²) in [5.41, 5.74) is 1.09. The first kappa shape index (κ1) is 11.1. The molecule has 1 aliphatic rings. The lowest BCUT2D eigenvalue weighted by molar-refractivity contribution is 0.159. The maximum atomic E-state index is 11.9. The zero-order chi connectivity index (χ0) is 12.9. The molecule has 3 rings (SSSR count). The predicted octanol–water partition coefficient (Wildman–Crippen LogP) is 3.29. The largest absolute Gasteiger partial charge is 0.483 e. The lowest BCUT2D eigenvalue weighted by atomic mass is 10.0. The molecule has 0 aliphatic carbocycles. The van der Waals surface area contributed by atoms with Crippen LogP contribution in [-0.4, -0.2) is 5.60 Å². The Labute approximate surface area is 105 Å². The molecule has 2 heterocycles. The standard InChI is InChI=1S/C15H14O3/c1-9-8-12(16)10-4-5-13-11(14(10)17-9)6-7-15(2,3)18-13/h4-8H,1-3H3. The van der Waals surface area contributed by atoms with E-state index in [-0.39, 0.29) is 11.0 Å². The van der Waals surface area contributed by atoms with Crippen molar-refractivity contribution in [3.63, 3.8) is 0 Å². The molecule has 0 spiro atoms. The van der Waals surface area contributed by atoms with Crippen LogP contribution in [0.25, 0.3) is 17.0 Å². The van der Waals surface area contributed by atoms with Gasteiger partial charge in [-0.25, -0.2) is 0 Å². The average molecular weight is 242 g/mol. The molecule has 0 saturated heterocycles. The van der Waals surface area contributed by atoms with Gasteiger partial charge in [-0.2, -0.15) is 0 Å². The van der Waals surface area contributed by atoms with E-state index in [0.717, 1.165) is 11.3 Å². The summed E-state index contributed by atoms with van der Waals surface area (Å²) in [7, 11) is 0. The Morgan fingerprint density at radius 1 is 1.22 bits per heavy atom. The maximum Gasteiger partial charge on any atom is 0.192 e. The molecule has 0 unspecified atom stereocenters. The van der Waals surface area contributed by atoms with Crippen LogP contribution in [0.5, 0.6) is 5.75 Å². The molecule has 2 aromatic rings. The minimum absolute atomic E-state index is 0.0187. The first-order valence-electron chi connectivity index (χ1n) is 5.92. The molecule has 0 fully saturated rings. The third kappa shape index (κ3) is 1.63. The van der Waals surface area contributed by atoms with Crippen LogP contribution in [0.1, 0.15) is 25.2 Å². The molecular formula is C15H14O3. The molecule has 0 bridgehead atoms. The highest BCUT2D eigenvalue weighted by atomic mass is 16.5. The van der Waals surface area contributed by atoms with Gasteiger partial charge in [0.2, 0.25) is 0 Å². The van der Waals surface area contributed by atoms with Crippen molar-refractivity contribution < 1.29 is 9.15 Å². The molecule has 18 heavy (non-hydrogen) atoms. The van der Waals surface area contributed by atoms with Crippen molar-refractivity contribution in [3.05, 3.63) is 45.8 Å². The first-order chi connectivity index (χ1) is 8.46. The van der Waals surface area contributed by atoms with Gasteiger partial charge in [-0.3, -0.25) is 4.79 Å². The summed E-state index contributed by atoms with van der Waals surface area (Å²) in [6, 6.07) is 5.09. The van der Waals surface area contributed by atoms with Crippen LogP contribution >= 0.6 is 0 Å². The minimum Gasteiger partial charge on any atom is -0.483 e. The molecule has 1 aromatic heterocycles. The highest BCUT2D eigenvalue weighted by Crippen LogP contribution is 2.35. The van der Waals surface area contributed by atoms with Crippen LogP contribution in [0.2, 0.25) is 0 Å². The average Bonchev–Trinajstić information content (AvgIpc) is 2.26. The normalized spacial score (nSPS) is 16.4. The van der Waals surface area contributed by atoms with Crippen LogP contribution in [-0.2, 0) is 0 Å². The van der Waals surface area contributed by atoms with E-state index in [1.807, 2.05) is 32.1 Å². The zero-order valence-electron chi connectivity index (χ0n) is 10.6. The molecule has 1 aromatic carbocycles. The Kier molecular flexibility index (Phi) is 2.14. The van der Waals surface area contributed by atoms with E-state index in [2.05, 4.69) is 0 Å². The molecule has 92 valence electrons. The van der Waals surface area contributed by atoms with Crippen LogP contribution in [0.3, 0.4) is 0 Å². The molecule has 0 saturated carbocycles. The van der Waals surface area contributed by atoms with E-state index in [9.17, 15) is 4.79 Å². The Balaban J connectivity index is 2.37. The number of fused-ring (bicyclic) bond motifs is 3. The number of hydrogen-bond donors (Lipinski definition) is 0. The van der Waals surface area contributed by atoms with Gasteiger partial charge in [0.05, 0.1) is 10.9 Å². The molecule has 1 aliphatic heterocycles. The van der Waals surface area contributed by atoms with Gasteiger partial charge in [-0.15, -0.1) is 0 Å². The SMILES string of the molecule is Cc1cc(=O)c2ccc3c(c2o1)C=CC(C)(C)O3. The molecule has 0 amide bonds. The Morgan fingerprint density at radius 2 is 2.00 bits per heavy atom. The Bertz CT molecular complexity index is 720. The predicted molar refractivity (Wildman–Crippen MR) is 71.0 cm³/mol. The highest BCUT2D eigenvalue weighted by Gasteiger charge is 2.23. The molecule has 0 N–H and O–H groups in total. The zero-order valence-corrected chi connectivity index (χ0v) is 10.6. The second kappa shape index (κ2) is 3.48. The summed E-state index contributed by atoms with van der Waals surface area (Å²) in [4.78, 5) is 11.9. The van der Waals surface area contributed by atoms with Gasteiger partial charge in [0.25, 0.3) is 0 Å². The van der Waals surface area contributed by atoms with Crippen molar-refractivity contribution in [3.8, 4) is 5.75 Å². The van der Waals surface area contributed by atoms with Gasteiger partial charge in [0.1, 0.15) is 22.7 Å². The summed E-state index contributed by atoms with van der Waals surface area (Å²) < 4.78 is 11.5. The lowest BCUT2D eigenvalue weighted by Crippen LogP contribution is -2.27. The topological polar surface area (TPSA) is 39.4 Å². The Hall–Kier alpha value is -2.03. The van der Waals surface area contributed by atoms with Crippen molar-refractivity contribution in [1.29, 1.82) is 0 Å². The Morgan fingerprint density at radius 3 is 2.78 bits per heavy atom. The smallest absolute Gasteiger partial charge is 0.192 e. The molecule has 0 radical (unpaired) electrons. The lowest BCUT2D eigenvalue weighted by Gasteiger charge is -2.27. The second-order valence-corrected chi connectivity index (χ2v) is 5.11. The van der Waals surface area contributed by atoms with Gasteiger partial charge in [-0.05, 0) is 45.1 Å². The maximum absolute atomic E-state index is 11.9. The van der Waals surface area contributed by atoms with Crippen molar-refractivity contribution in [2.75, 3.05) is 0 Å². The summed E-state index contributed by atoms with van der Waals surface area (Å²) in [5.74, 6) is 1.36. The third-order valence-corrected chi connectivity index (χ3v) is 3.04. The van der Waals surface area contributed by atoms with Crippen LogP contribution in [0, 0.1) is 6.92 Å². The van der Waals surface area contributed by atoms with Crippen molar-refractivity contribution in [2.24, 2.45) is 0 Å². The van der Waals surface area contributed by atoms with Crippen molar-refractivity contribution in [2.45, 2.75) is 26.4 Å². The number of aryl methyl sites for hydroxylation is 1. The first-order valence-corrected chi connectivity index (χ1v) is 5.92. The van der Waals surface area contributed by atoms with E-state index in [0.29, 0.717) is 16.7 Å². The van der Waals surface area contributed by atoms with Gasteiger partial charge in [-0.1, -0.05) is 0 Å². The molecular weight excluding hydrogens is 228 g/mol. The molecule has 3 heteroatoms. The fourth-order valence-electron chi connectivity index (χ4n) is 2.19.